The second kappa shape index (κ2) is 3.52. The van der Waals surface area contributed by atoms with E-state index in [-0.39, 0.29) is 28.9 Å². The standard InChI is InChI=1S/C20H22N2O2/c23-16-13-10-18-6-3-9-22-11-15(24-16)20(17(18)22)12-4-1-2-5-14(12)21-19(13,20)8-7-18/h1-2,4-5,13,15,17,21H,3,6-11H2/t13-,15?,17+,18-,19-,20+/m1/s1. The maximum atomic E-state index is 13.0. The van der Waals surface area contributed by atoms with Crippen molar-refractivity contribution in [2.75, 3.05) is 18.4 Å². The van der Waals surface area contributed by atoms with Crippen LogP contribution in [0.5, 0.6) is 0 Å². The maximum absolute atomic E-state index is 13.0. The summed E-state index contributed by atoms with van der Waals surface area (Å²) in [5, 5.41) is 3.92. The summed E-state index contributed by atoms with van der Waals surface area (Å²) < 4.78 is 6.14. The van der Waals surface area contributed by atoms with E-state index < -0.39 is 0 Å². The molecule has 24 heavy (non-hydrogen) atoms. The molecule has 6 fully saturated rings. The zero-order valence-electron chi connectivity index (χ0n) is 13.8. The molecule has 1 aromatic carbocycles. The third-order valence-corrected chi connectivity index (χ3v) is 8.64. The molecule has 4 heteroatoms. The summed E-state index contributed by atoms with van der Waals surface area (Å²) in [4.78, 5) is 15.7. The van der Waals surface area contributed by atoms with Gasteiger partial charge in [-0.1, -0.05) is 18.2 Å². The molecular weight excluding hydrogens is 300 g/mol. The third kappa shape index (κ3) is 0.989. The molecule has 4 heterocycles. The summed E-state index contributed by atoms with van der Waals surface area (Å²) >= 11 is 0. The van der Waals surface area contributed by atoms with Crippen molar-refractivity contribution >= 4 is 11.7 Å². The second-order valence-electron chi connectivity index (χ2n) is 9.06. The van der Waals surface area contributed by atoms with E-state index in [1.54, 1.807) is 0 Å². The predicted molar refractivity (Wildman–Crippen MR) is 88.7 cm³/mol. The highest BCUT2D eigenvalue weighted by Crippen LogP contribution is 2.75. The number of hydrogen-bond donors (Lipinski definition) is 1. The number of esters is 1. The monoisotopic (exact) mass is 322 g/mol. The van der Waals surface area contributed by atoms with Crippen LogP contribution in [0.3, 0.4) is 0 Å². The van der Waals surface area contributed by atoms with Crippen LogP contribution in [0, 0.1) is 11.3 Å². The Hall–Kier alpha value is -1.55. The van der Waals surface area contributed by atoms with Crippen molar-refractivity contribution in [3.8, 4) is 0 Å². The van der Waals surface area contributed by atoms with E-state index in [1.165, 1.54) is 37.1 Å². The van der Waals surface area contributed by atoms with Crippen molar-refractivity contribution in [3.63, 3.8) is 0 Å². The molecule has 1 N–H and O–H groups in total. The summed E-state index contributed by atoms with van der Waals surface area (Å²) in [6, 6.07) is 9.37. The topological polar surface area (TPSA) is 41.6 Å². The zero-order valence-corrected chi connectivity index (χ0v) is 13.8. The minimum Gasteiger partial charge on any atom is -0.460 e. The summed E-state index contributed by atoms with van der Waals surface area (Å²) in [6.45, 7) is 2.10. The van der Waals surface area contributed by atoms with Gasteiger partial charge >= 0.3 is 5.97 Å². The molecule has 8 rings (SSSR count). The number of benzene rings is 1. The minimum absolute atomic E-state index is 0.0148. The van der Waals surface area contributed by atoms with Crippen LogP contribution in [0.25, 0.3) is 0 Å². The number of para-hydroxylation sites is 1. The van der Waals surface area contributed by atoms with E-state index in [0.29, 0.717) is 11.5 Å². The number of hydrogen-bond acceptors (Lipinski definition) is 4. The highest BCUT2D eigenvalue weighted by molar-refractivity contribution is 5.84. The van der Waals surface area contributed by atoms with Crippen LogP contribution in [0.4, 0.5) is 5.69 Å². The van der Waals surface area contributed by atoms with Gasteiger partial charge in [0.25, 0.3) is 0 Å². The first-order valence-corrected chi connectivity index (χ1v) is 9.54. The molecule has 0 radical (unpaired) electrons. The molecule has 3 spiro atoms. The predicted octanol–water partition coefficient (Wildman–Crippen LogP) is 2.29. The van der Waals surface area contributed by atoms with Gasteiger partial charge in [0.05, 0.1) is 16.9 Å². The molecule has 1 unspecified atom stereocenters. The third-order valence-electron chi connectivity index (χ3n) is 8.64. The van der Waals surface area contributed by atoms with E-state index in [1.807, 2.05) is 0 Å². The van der Waals surface area contributed by atoms with Gasteiger partial charge in [0.2, 0.25) is 0 Å². The fourth-order valence-electron chi connectivity index (χ4n) is 8.24. The largest absolute Gasteiger partial charge is 0.460 e. The Kier molecular flexibility index (Phi) is 1.87. The van der Waals surface area contributed by atoms with Gasteiger partial charge in [-0.3, -0.25) is 9.69 Å². The lowest BCUT2D eigenvalue weighted by molar-refractivity contribution is -0.207. The molecule has 3 aliphatic carbocycles. The van der Waals surface area contributed by atoms with Crippen LogP contribution in [0.15, 0.2) is 24.3 Å². The van der Waals surface area contributed by atoms with Gasteiger partial charge in [-0.25, -0.2) is 0 Å². The molecule has 3 saturated heterocycles. The van der Waals surface area contributed by atoms with Crippen molar-refractivity contribution in [2.45, 2.75) is 55.2 Å². The normalized spacial score (nSPS) is 52.5. The number of nitrogens with zero attached hydrogens (tertiary/aromatic N) is 1. The van der Waals surface area contributed by atoms with E-state index >= 15 is 0 Å². The molecule has 6 atom stereocenters. The number of nitrogens with one attached hydrogen (secondary N) is 1. The van der Waals surface area contributed by atoms with E-state index in [2.05, 4.69) is 34.5 Å². The average Bonchev–Trinajstić information content (AvgIpc) is 3.10. The first-order chi connectivity index (χ1) is 11.7. The number of ether oxygens (including phenoxy) is 1. The van der Waals surface area contributed by atoms with Crippen molar-refractivity contribution in [3.05, 3.63) is 29.8 Å². The SMILES string of the molecule is O=C1OC2CN3CCC[C@]45CC[C@@]6(Nc7ccccc7[C@@]26[C@@H]34)[C@@H]1C5. The first kappa shape index (κ1) is 12.8. The fraction of sp³-hybridized carbons (Fsp3) is 0.650. The van der Waals surface area contributed by atoms with Crippen LogP contribution < -0.4 is 5.32 Å². The minimum atomic E-state index is -0.102. The average molecular weight is 322 g/mol. The smallest absolute Gasteiger partial charge is 0.311 e. The molecule has 3 saturated carbocycles. The molecule has 1 aromatic rings. The van der Waals surface area contributed by atoms with Crippen LogP contribution in [0.2, 0.25) is 0 Å². The van der Waals surface area contributed by atoms with Crippen LogP contribution in [-0.2, 0) is 14.9 Å². The van der Waals surface area contributed by atoms with Crippen LogP contribution in [0.1, 0.15) is 37.7 Å². The summed E-state index contributed by atoms with van der Waals surface area (Å²) in [5.41, 5.74) is 2.91. The van der Waals surface area contributed by atoms with Crippen molar-refractivity contribution in [1.82, 2.24) is 4.90 Å². The number of carbonyl (C=O) groups is 1. The number of carbonyl (C=O) groups excluding carboxylic acids is 1. The Morgan fingerprint density at radius 2 is 2.12 bits per heavy atom. The lowest BCUT2D eigenvalue weighted by Gasteiger charge is -2.70. The van der Waals surface area contributed by atoms with Gasteiger partial charge in [0.1, 0.15) is 6.10 Å². The zero-order chi connectivity index (χ0) is 15.7. The molecule has 0 amide bonds. The van der Waals surface area contributed by atoms with Crippen LogP contribution >= 0.6 is 0 Å². The van der Waals surface area contributed by atoms with Gasteiger partial charge in [-0.15, -0.1) is 0 Å². The fourth-order valence-corrected chi connectivity index (χ4v) is 8.24. The molecular formula is C20H22N2O2. The maximum Gasteiger partial charge on any atom is 0.311 e. The highest BCUT2D eigenvalue weighted by atomic mass is 16.5. The molecule has 124 valence electrons. The van der Waals surface area contributed by atoms with Crippen molar-refractivity contribution in [1.29, 1.82) is 0 Å². The Balaban J connectivity index is 1.62. The van der Waals surface area contributed by atoms with E-state index in [9.17, 15) is 4.79 Å². The van der Waals surface area contributed by atoms with E-state index in [0.717, 1.165) is 19.4 Å². The lowest BCUT2D eigenvalue weighted by atomic mass is 9.38. The second-order valence-corrected chi connectivity index (χ2v) is 9.06. The first-order valence-electron chi connectivity index (χ1n) is 9.54. The Bertz CT molecular complexity index is 809. The summed E-state index contributed by atoms with van der Waals surface area (Å²) in [5.74, 6) is 0.103. The highest BCUT2D eigenvalue weighted by Gasteiger charge is 2.84. The number of anilines is 1. The van der Waals surface area contributed by atoms with Gasteiger partial charge in [-0.2, -0.15) is 0 Å². The Labute approximate surface area is 141 Å². The number of piperidine rings is 1. The number of rotatable bonds is 0. The van der Waals surface area contributed by atoms with Gasteiger partial charge in [0, 0.05) is 18.3 Å². The molecule has 4 aliphatic heterocycles. The summed E-state index contributed by atoms with van der Waals surface area (Å²) in [7, 11) is 0. The van der Waals surface area contributed by atoms with Gasteiger partial charge < -0.3 is 10.1 Å². The Morgan fingerprint density at radius 1 is 1.21 bits per heavy atom. The summed E-state index contributed by atoms with van der Waals surface area (Å²) in [6.07, 6.45) is 6.03. The van der Waals surface area contributed by atoms with Crippen LogP contribution in [-0.4, -0.2) is 41.6 Å². The Morgan fingerprint density at radius 3 is 3.08 bits per heavy atom. The molecule has 4 bridgehead atoms. The molecule has 7 aliphatic rings. The van der Waals surface area contributed by atoms with Crippen molar-refractivity contribution in [2.24, 2.45) is 11.3 Å². The van der Waals surface area contributed by atoms with E-state index in [4.69, 9.17) is 4.74 Å². The molecule has 4 nitrogen and oxygen atoms in total. The lowest BCUT2D eigenvalue weighted by Crippen LogP contribution is -2.81. The van der Waals surface area contributed by atoms with Gasteiger partial charge in [0.15, 0.2) is 0 Å². The number of fused-ring (bicyclic) bond motifs is 2. The molecule has 0 aromatic heterocycles. The van der Waals surface area contributed by atoms with Crippen molar-refractivity contribution < 1.29 is 9.53 Å². The quantitative estimate of drug-likeness (QED) is 0.744. The van der Waals surface area contributed by atoms with Gasteiger partial charge in [-0.05, 0) is 55.7 Å².